The minimum atomic E-state index is -0.901. The summed E-state index contributed by atoms with van der Waals surface area (Å²) in [6, 6.07) is 0. The third kappa shape index (κ3) is 10.6. The second-order valence-electron chi connectivity index (χ2n) is 6.92. The van der Waals surface area contributed by atoms with Gasteiger partial charge in [0.15, 0.2) is 0 Å². The molecule has 1 aliphatic rings. The number of aliphatic hydroxyl groups excluding tert-OH is 3. The van der Waals surface area contributed by atoms with Crippen LogP contribution in [0.15, 0.2) is 48.6 Å². The Bertz CT molecular complexity index is 551. The zero-order chi connectivity index (χ0) is 20.8. The van der Waals surface area contributed by atoms with Crippen molar-refractivity contribution in [3.63, 3.8) is 0 Å². The van der Waals surface area contributed by atoms with Gasteiger partial charge in [-0.1, -0.05) is 55.5 Å². The van der Waals surface area contributed by atoms with Crippen LogP contribution in [0.4, 0.5) is 0 Å². The van der Waals surface area contributed by atoms with Crippen molar-refractivity contribution in [3.8, 4) is 0 Å². The molecule has 6 heteroatoms. The number of carboxylic acids is 1. The summed E-state index contributed by atoms with van der Waals surface area (Å²) in [4.78, 5) is 10.5. The van der Waals surface area contributed by atoms with Gasteiger partial charge in [0.25, 0.3) is 0 Å². The minimum absolute atomic E-state index is 0.0731. The molecule has 0 unspecified atom stereocenters. The molecule has 158 valence electrons. The highest BCUT2D eigenvalue weighted by Gasteiger charge is 2.36. The predicted octanol–water partition coefficient (Wildman–Crippen LogP) is 2.90. The zero-order valence-corrected chi connectivity index (χ0v) is 16.6. The van der Waals surface area contributed by atoms with Crippen molar-refractivity contribution >= 4 is 5.97 Å². The van der Waals surface area contributed by atoms with Crippen molar-refractivity contribution in [2.75, 3.05) is 0 Å². The maximum atomic E-state index is 10.5. The van der Waals surface area contributed by atoms with Crippen LogP contribution < -0.4 is 0 Å². The highest BCUT2D eigenvalue weighted by Crippen LogP contribution is 2.26. The number of allylic oxidation sites excluding steroid dienone is 4. The number of carboxylic acid groups (broad SMARTS) is 1. The van der Waals surface area contributed by atoms with Crippen LogP contribution in [0.3, 0.4) is 0 Å². The number of hydrogen-bond acceptors (Lipinski definition) is 5. The topological polar surface area (TPSA) is 107 Å². The first-order chi connectivity index (χ1) is 13.4. The summed E-state index contributed by atoms with van der Waals surface area (Å²) in [5.74, 6) is -0.845. The first kappa shape index (κ1) is 24.3. The van der Waals surface area contributed by atoms with E-state index in [1.165, 1.54) is 6.08 Å². The summed E-state index contributed by atoms with van der Waals surface area (Å²) in [6.07, 6.45) is 15.1. The molecule has 1 fully saturated rings. The molecule has 0 spiro atoms. The SMILES string of the molecule is CC/C=C\C/C=C\C[C@H](O)/C=C/[C@H](O)[C@H]1C[C@@H](O)[C@@H](C/C=C\CCC(=O)O)O1. The van der Waals surface area contributed by atoms with Gasteiger partial charge in [-0.05, 0) is 32.1 Å². The fourth-order valence-corrected chi connectivity index (χ4v) is 2.87. The lowest BCUT2D eigenvalue weighted by Gasteiger charge is -2.16. The molecule has 5 atom stereocenters. The van der Waals surface area contributed by atoms with Gasteiger partial charge < -0.3 is 25.2 Å². The molecular formula is C22H34O6. The highest BCUT2D eigenvalue weighted by molar-refractivity contribution is 5.66. The Morgan fingerprint density at radius 1 is 1.11 bits per heavy atom. The van der Waals surface area contributed by atoms with Crippen molar-refractivity contribution in [2.45, 2.75) is 82.4 Å². The van der Waals surface area contributed by atoms with Crippen LogP contribution in [0.1, 0.15) is 51.9 Å². The van der Waals surface area contributed by atoms with Gasteiger partial charge in [0.05, 0.1) is 30.5 Å². The molecule has 0 aromatic heterocycles. The lowest BCUT2D eigenvalue weighted by atomic mass is 10.0. The first-order valence-corrected chi connectivity index (χ1v) is 9.98. The van der Waals surface area contributed by atoms with Crippen molar-refractivity contribution in [1.82, 2.24) is 0 Å². The van der Waals surface area contributed by atoms with E-state index in [0.717, 1.165) is 12.8 Å². The van der Waals surface area contributed by atoms with Crippen molar-refractivity contribution in [2.24, 2.45) is 0 Å². The molecule has 1 saturated heterocycles. The van der Waals surface area contributed by atoms with Crippen molar-refractivity contribution < 1.29 is 30.0 Å². The van der Waals surface area contributed by atoms with Crippen LogP contribution in [-0.2, 0) is 9.53 Å². The van der Waals surface area contributed by atoms with Gasteiger partial charge in [0.1, 0.15) is 0 Å². The normalized spacial score (nSPS) is 25.5. The number of aliphatic carboxylic acids is 1. The second-order valence-corrected chi connectivity index (χ2v) is 6.92. The van der Waals surface area contributed by atoms with E-state index in [1.807, 2.05) is 12.2 Å². The number of hydrogen-bond donors (Lipinski definition) is 4. The quantitative estimate of drug-likeness (QED) is 0.358. The largest absolute Gasteiger partial charge is 0.481 e. The maximum absolute atomic E-state index is 10.5. The molecule has 0 amide bonds. The summed E-state index contributed by atoms with van der Waals surface area (Å²) in [7, 11) is 0. The molecule has 1 aliphatic heterocycles. The van der Waals surface area contributed by atoms with E-state index in [9.17, 15) is 20.1 Å². The maximum Gasteiger partial charge on any atom is 0.303 e. The van der Waals surface area contributed by atoms with E-state index >= 15 is 0 Å². The summed E-state index contributed by atoms with van der Waals surface area (Å²) < 4.78 is 5.71. The molecular weight excluding hydrogens is 360 g/mol. The molecule has 0 aromatic rings. The van der Waals surface area contributed by atoms with E-state index in [0.29, 0.717) is 25.7 Å². The van der Waals surface area contributed by atoms with Gasteiger partial charge in [-0.15, -0.1) is 0 Å². The van der Waals surface area contributed by atoms with Crippen LogP contribution in [0, 0.1) is 0 Å². The molecule has 4 N–H and O–H groups in total. The number of ether oxygens (including phenoxy) is 1. The van der Waals surface area contributed by atoms with E-state index in [4.69, 9.17) is 9.84 Å². The van der Waals surface area contributed by atoms with E-state index in [-0.39, 0.29) is 6.42 Å². The van der Waals surface area contributed by atoms with Crippen LogP contribution in [0.25, 0.3) is 0 Å². The lowest BCUT2D eigenvalue weighted by Crippen LogP contribution is -2.24. The van der Waals surface area contributed by atoms with E-state index in [2.05, 4.69) is 19.1 Å². The van der Waals surface area contributed by atoms with Gasteiger partial charge in [-0.2, -0.15) is 0 Å². The van der Waals surface area contributed by atoms with E-state index < -0.39 is 36.5 Å². The number of rotatable bonds is 13. The molecule has 28 heavy (non-hydrogen) atoms. The molecule has 0 aliphatic carbocycles. The predicted molar refractivity (Wildman–Crippen MR) is 109 cm³/mol. The summed E-state index contributed by atoms with van der Waals surface area (Å²) in [5, 5.41) is 38.8. The average molecular weight is 395 g/mol. The average Bonchev–Trinajstić information content (AvgIpc) is 3.03. The van der Waals surface area contributed by atoms with Crippen LogP contribution in [0.2, 0.25) is 0 Å². The lowest BCUT2D eigenvalue weighted by molar-refractivity contribution is -0.136. The smallest absolute Gasteiger partial charge is 0.303 e. The third-order valence-electron chi connectivity index (χ3n) is 4.44. The number of carbonyl (C=O) groups is 1. The molecule has 1 rings (SSSR count). The van der Waals surface area contributed by atoms with Crippen LogP contribution >= 0.6 is 0 Å². The van der Waals surface area contributed by atoms with Gasteiger partial charge in [-0.25, -0.2) is 0 Å². The standard InChI is InChI=1S/C22H34O6/c1-2-3-4-5-6-8-11-17(23)14-15-18(24)21-16-19(25)20(28-21)12-9-7-10-13-22(26)27/h3-4,6-9,14-15,17-21,23-25H,2,5,10-13,16H2,1H3,(H,26,27)/b4-3-,8-6-,9-7-,15-14+/t17-,18-,19+,20+,21+/m0/s1. The van der Waals surface area contributed by atoms with Gasteiger partial charge in [-0.3, -0.25) is 4.79 Å². The second kappa shape index (κ2) is 14.3. The molecule has 1 heterocycles. The Labute approximate surface area is 167 Å². The Kier molecular flexibility index (Phi) is 12.4. The summed E-state index contributed by atoms with van der Waals surface area (Å²) >= 11 is 0. The van der Waals surface area contributed by atoms with E-state index in [1.54, 1.807) is 18.2 Å². The Morgan fingerprint density at radius 2 is 1.86 bits per heavy atom. The molecule has 0 bridgehead atoms. The van der Waals surface area contributed by atoms with Crippen LogP contribution in [0.5, 0.6) is 0 Å². The summed E-state index contributed by atoms with van der Waals surface area (Å²) in [6.45, 7) is 2.08. The number of aliphatic hydroxyl groups is 3. The fraction of sp³-hybridized carbons (Fsp3) is 0.591. The van der Waals surface area contributed by atoms with Gasteiger partial charge >= 0.3 is 5.97 Å². The highest BCUT2D eigenvalue weighted by atomic mass is 16.5. The van der Waals surface area contributed by atoms with Crippen molar-refractivity contribution in [3.05, 3.63) is 48.6 Å². The molecule has 6 nitrogen and oxygen atoms in total. The minimum Gasteiger partial charge on any atom is -0.481 e. The molecule has 0 saturated carbocycles. The molecule has 0 radical (unpaired) electrons. The monoisotopic (exact) mass is 394 g/mol. The first-order valence-electron chi connectivity index (χ1n) is 9.98. The molecule has 0 aromatic carbocycles. The third-order valence-corrected chi connectivity index (χ3v) is 4.44. The van der Waals surface area contributed by atoms with Crippen molar-refractivity contribution in [1.29, 1.82) is 0 Å². The van der Waals surface area contributed by atoms with Gasteiger partial charge in [0, 0.05) is 12.8 Å². The Balaban J connectivity index is 2.33. The zero-order valence-electron chi connectivity index (χ0n) is 16.6. The fourth-order valence-electron chi connectivity index (χ4n) is 2.87. The van der Waals surface area contributed by atoms with Gasteiger partial charge in [0.2, 0.25) is 0 Å². The Hall–Kier alpha value is -1.73. The Morgan fingerprint density at radius 3 is 2.57 bits per heavy atom. The summed E-state index contributed by atoms with van der Waals surface area (Å²) in [5.41, 5.74) is 0. The van der Waals surface area contributed by atoms with Crippen LogP contribution in [-0.4, -0.2) is 56.9 Å².